The molecule has 4 heteroatoms. The molecule has 1 rings (SSSR count). The van der Waals surface area contributed by atoms with Crippen molar-refractivity contribution < 1.29 is 14.3 Å². The van der Waals surface area contributed by atoms with E-state index in [0.717, 1.165) is 5.20 Å². The van der Waals surface area contributed by atoms with Gasteiger partial charge in [-0.25, -0.2) is 4.79 Å². The Balaban J connectivity index is 2.87. The second-order valence-electron chi connectivity index (χ2n) is 3.85. The van der Waals surface area contributed by atoms with Crippen LogP contribution in [0.5, 0.6) is 0 Å². The lowest BCUT2D eigenvalue weighted by Gasteiger charge is -2.21. The van der Waals surface area contributed by atoms with Gasteiger partial charge in [0.2, 0.25) is 6.29 Å². The molecule has 0 radical (unpaired) electrons. The summed E-state index contributed by atoms with van der Waals surface area (Å²) in [5.74, 6) is -0.278. The zero-order valence-electron chi connectivity index (χ0n) is 7.88. The Morgan fingerprint density at radius 2 is 2.08 bits per heavy atom. The molecule has 0 aliphatic carbocycles. The Morgan fingerprint density at radius 1 is 1.50 bits per heavy atom. The third kappa shape index (κ3) is 1.76. The van der Waals surface area contributed by atoms with Gasteiger partial charge in [0.1, 0.15) is 0 Å². The molecule has 0 fully saturated rings. The first kappa shape index (κ1) is 9.47. The van der Waals surface area contributed by atoms with Gasteiger partial charge in [-0.05, 0) is 5.20 Å². The second kappa shape index (κ2) is 3.03. The summed E-state index contributed by atoms with van der Waals surface area (Å²) in [6.45, 7) is 6.48. The highest BCUT2D eigenvalue weighted by molar-refractivity contribution is 6.83. The second-order valence-corrected chi connectivity index (χ2v) is 8.93. The Bertz CT molecular complexity index is 227. The highest BCUT2D eigenvalue weighted by atomic mass is 28.3. The molecule has 68 valence electrons. The van der Waals surface area contributed by atoms with Crippen LogP contribution in [0.15, 0.2) is 11.3 Å². The molecule has 0 aromatic rings. The van der Waals surface area contributed by atoms with Crippen LogP contribution in [-0.4, -0.2) is 27.4 Å². The summed E-state index contributed by atoms with van der Waals surface area (Å²) < 4.78 is 9.97. The summed E-state index contributed by atoms with van der Waals surface area (Å²) >= 11 is 0. The predicted molar refractivity (Wildman–Crippen MR) is 48.3 cm³/mol. The standard InChI is InChI=1S/C8H14O3Si/c1-10-8-6(12(2,3)4)5-7(9)11-8/h5,8H,1-4H3. The fourth-order valence-electron chi connectivity index (χ4n) is 1.14. The molecule has 0 N–H and O–H groups in total. The fourth-order valence-corrected chi connectivity index (χ4v) is 2.58. The summed E-state index contributed by atoms with van der Waals surface area (Å²) in [7, 11) is 0.0931. The molecule has 0 spiro atoms. The predicted octanol–water partition coefficient (Wildman–Crippen LogP) is 1.32. The lowest BCUT2D eigenvalue weighted by molar-refractivity contribution is -0.154. The summed E-state index contributed by atoms with van der Waals surface area (Å²) in [5.41, 5.74) is 0. The van der Waals surface area contributed by atoms with E-state index in [1.54, 1.807) is 13.2 Å². The number of rotatable bonds is 2. The molecule has 12 heavy (non-hydrogen) atoms. The van der Waals surface area contributed by atoms with Crippen LogP contribution >= 0.6 is 0 Å². The van der Waals surface area contributed by atoms with Gasteiger partial charge in [0.25, 0.3) is 0 Å². The maximum atomic E-state index is 10.9. The lowest BCUT2D eigenvalue weighted by atomic mass is 10.5. The van der Waals surface area contributed by atoms with Crippen LogP contribution in [-0.2, 0) is 14.3 Å². The van der Waals surface area contributed by atoms with E-state index >= 15 is 0 Å². The van der Waals surface area contributed by atoms with Crippen molar-refractivity contribution in [1.82, 2.24) is 0 Å². The highest BCUT2D eigenvalue weighted by Gasteiger charge is 2.34. The van der Waals surface area contributed by atoms with Crippen molar-refractivity contribution in [2.75, 3.05) is 7.11 Å². The normalized spacial score (nSPS) is 23.8. The van der Waals surface area contributed by atoms with Gasteiger partial charge >= 0.3 is 5.97 Å². The van der Waals surface area contributed by atoms with E-state index in [1.807, 2.05) is 0 Å². The van der Waals surface area contributed by atoms with E-state index in [-0.39, 0.29) is 5.97 Å². The Labute approximate surface area is 73.4 Å². The molecule has 1 unspecified atom stereocenters. The summed E-state index contributed by atoms with van der Waals surface area (Å²) in [5, 5.41) is 1.04. The van der Waals surface area contributed by atoms with Crippen LogP contribution < -0.4 is 0 Å². The minimum absolute atomic E-state index is 0.278. The number of cyclic esters (lactones) is 1. The van der Waals surface area contributed by atoms with Crippen molar-refractivity contribution >= 4 is 14.0 Å². The molecular formula is C8H14O3Si. The first-order valence-corrected chi connectivity index (χ1v) is 7.40. The Kier molecular flexibility index (Phi) is 2.39. The van der Waals surface area contributed by atoms with Crippen LogP contribution in [0.4, 0.5) is 0 Å². The van der Waals surface area contributed by atoms with E-state index in [0.29, 0.717) is 0 Å². The topological polar surface area (TPSA) is 35.5 Å². The first-order chi connectivity index (χ1) is 5.45. The largest absolute Gasteiger partial charge is 0.429 e. The van der Waals surface area contributed by atoms with Crippen molar-refractivity contribution in [1.29, 1.82) is 0 Å². The van der Waals surface area contributed by atoms with Crippen molar-refractivity contribution in [3.63, 3.8) is 0 Å². The molecule has 0 saturated carbocycles. The number of ether oxygens (including phenoxy) is 2. The van der Waals surface area contributed by atoms with E-state index < -0.39 is 14.4 Å². The summed E-state index contributed by atoms with van der Waals surface area (Å²) in [6, 6.07) is 0. The van der Waals surface area contributed by atoms with Gasteiger partial charge in [-0.1, -0.05) is 19.6 Å². The van der Waals surface area contributed by atoms with Gasteiger partial charge in [-0.15, -0.1) is 0 Å². The SMILES string of the molecule is COC1OC(=O)C=C1[Si](C)(C)C. The molecule has 1 atom stereocenters. The number of carbonyl (C=O) groups is 1. The Hall–Kier alpha value is -0.613. The van der Waals surface area contributed by atoms with Crippen molar-refractivity contribution in [2.45, 2.75) is 25.9 Å². The first-order valence-electron chi connectivity index (χ1n) is 3.90. The van der Waals surface area contributed by atoms with Gasteiger partial charge in [0.15, 0.2) is 0 Å². The van der Waals surface area contributed by atoms with E-state index in [4.69, 9.17) is 9.47 Å². The van der Waals surface area contributed by atoms with Gasteiger partial charge in [0, 0.05) is 13.2 Å². The van der Waals surface area contributed by atoms with Crippen LogP contribution in [0, 0.1) is 0 Å². The maximum Gasteiger partial charge on any atom is 0.333 e. The van der Waals surface area contributed by atoms with Crippen molar-refractivity contribution in [3.05, 3.63) is 11.3 Å². The maximum absolute atomic E-state index is 10.9. The lowest BCUT2D eigenvalue weighted by Crippen LogP contribution is -2.31. The number of methoxy groups -OCH3 is 1. The highest BCUT2D eigenvalue weighted by Crippen LogP contribution is 2.25. The van der Waals surface area contributed by atoms with Crippen LogP contribution in [0.1, 0.15) is 0 Å². The Morgan fingerprint density at radius 3 is 2.42 bits per heavy atom. The zero-order chi connectivity index (χ0) is 9.35. The monoisotopic (exact) mass is 186 g/mol. The molecule has 1 aliphatic rings. The quantitative estimate of drug-likeness (QED) is 0.482. The van der Waals surface area contributed by atoms with Gasteiger partial charge in [0.05, 0.1) is 8.07 Å². The average Bonchev–Trinajstić information content (AvgIpc) is 2.29. The third-order valence-corrected chi connectivity index (χ3v) is 3.94. The molecular weight excluding hydrogens is 172 g/mol. The fraction of sp³-hybridized carbons (Fsp3) is 0.625. The van der Waals surface area contributed by atoms with Crippen LogP contribution in [0.2, 0.25) is 19.6 Å². The van der Waals surface area contributed by atoms with Crippen LogP contribution in [0.3, 0.4) is 0 Å². The third-order valence-electron chi connectivity index (χ3n) is 1.83. The van der Waals surface area contributed by atoms with Crippen molar-refractivity contribution in [2.24, 2.45) is 0 Å². The van der Waals surface area contributed by atoms with Gasteiger partial charge in [-0.2, -0.15) is 0 Å². The van der Waals surface area contributed by atoms with E-state index in [2.05, 4.69) is 19.6 Å². The molecule has 0 aromatic heterocycles. The molecule has 1 heterocycles. The molecule has 0 amide bonds. The molecule has 0 bridgehead atoms. The average molecular weight is 186 g/mol. The number of esters is 1. The van der Waals surface area contributed by atoms with Gasteiger partial charge < -0.3 is 9.47 Å². The molecule has 3 nitrogen and oxygen atoms in total. The molecule has 0 saturated heterocycles. The van der Waals surface area contributed by atoms with E-state index in [1.165, 1.54) is 0 Å². The smallest absolute Gasteiger partial charge is 0.333 e. The zero-order valence-corrected chi connectivity index (χ0v) is 8.88. The summed E-state index contributed by atoms with van der Waals surface area (Å²) in [6.07, 6.45) is 1.14. The summed E-state index contributed by atoms with van der Waals surface area (Å²) in [4.78, 5) is 10.9. The number of hydrogen-bond acceptors (Lipinski definition) is 3. The van der Waals surface area contributed by atoms with Gasteiger partial charge in [-0.3, -0.25) is 0 Å². The minimum Gasteiger partial charge on any atom is -0.429 e. The van der Waals surface area contributed by atoms with Crippen LogP contribution in [0.25, 0.3) is 0 Å². The molecule has 0 aromatic carbocycles. The van der Waals surface area contributed by atoms with Crippen molar-refractivity contribution in [3.8, 4) is 0 Å². The number of carbonyl (C=O) groups excluding carboxylic acids is 1. The molecule has 1 aliphatic heterocycles. The minimum atomic E-state index is -1.46. The number of hydrogen-bond donors (Lipinski definition) is 0. The van der Waals surface area contributed by atoms with E-state index in [9.17, 15) is 4.79 Å².